The number of amides is 1. The van der Waals surface area contributed by atoms with Crippen LogP contribution in [0.4, 0.5) is 5.69 Å². The van der Waals surface area contributed by atoms with Crippen LogP contribution in [-0.4, -0.2) is 26.2 Å². The second-order valence-electron chi connectivity index (χ2n) is 7.10. The van der Waals surface area contributed by atoms with Crippen molar-refractivity contribution in [3.8, 4) is 5.75 Å². The van der Waals surface area contributed by atoms with Crippen molar-refractivity contribution >= 4 is 23.2 Å². The van der Waals surface area contributed by atoms with Gasteiger partial charge < -0.3 is 14.8 Å². The second-order valence-corrected chi connectivity index (χ2v) is 7.51. The zero-order valence-corrected chi connectivity index (χ0v) is 16.6. The average Bonchev–Trinajstić information content (AvgIpc) is 3.15. The highest BCUT2D eigenvalue weighted by Crippen LogP contribution is 2.42. The van der Waals surface area contributed by atoms with Crippen LogP contribution in [0.2, 0.25) is 5.02 Å². The third-order valence-corrected chi connectivity index (χ3v) is 5.49. The van der Waals surface area contributed by atoms with Gasteiger partial charge in [0.05, 0.1) is 17.0 Å². The van der Waals surface area contributed by atoms with Crippen LogP contribution < -0.4 is 10.1 Å². The van der Waals surface area contributed by atoms with E-state index in [1.807, 2.05) is 12.1 Å². The number of hydrogen-bond acceptors (Lipinski definition) is 3. The molecule has 4 nitrogen and oxygen atoms in total. The van der Waals surface area contributed by atoms with Crippen LogP contribution in [0.25, 0.3) is 0 Å². The van der Waals surface area contributed by atoms with Crippen molar-refractivity contribution in [2.75, 3.05) is 25.6 Å². The molecule has 1 saturated carbocycles. The van der Waals surface area contributed by atoms with E-state index in [4.69, 9.17) is 21.1 Å². The molecule has 0 radical (unpaired) electrons. The SMILES string of the molecule is COCCOc1ccc(NC(=O)C2(c3cccc(C)c3)CCCC2)cc1Cl. The first-order valence-electron chi connectivity index (χ1n) is 9.35. The van der Waals surface area contributed by atoms with Gasteiger partial charge in [0.2, 0.25) is 5.91 Å². The van der Waals surface area contributed by atoms with Crippen LogP contribution in [-0.2, 0) is 14.9 Å². The Labute approximate surface area is 165 Å². The summed E-state index contributed by atoms with van der Waals surface area (Å²) in [5.74, 6) is 0.621. The molecular weight excluding hydrogens is 362 g/mol. The number of aryl methyl sites for hydroxylation is 1. The highest BCUT2D eigenvalue weighted by Gasteiger charge is 2.42. The molecule has 2 aromatic carbocycles. The maximum absolute atomic E-state index is 13.3. The minimum absolute atomic E-state index is 0.0368. The average molecular weight is 388 g/mol. The number of carbonyl (C=O) groups excluding carboxylic acids is 1. The first-order chi connectivity index (χ1) is 13.0. The van der Waals surface area contributed by atoms with Gasteiger partial charge in [-0.1, -0.05) is 54.3 Å². The monoisotopic (exact) mass is 387 g/mol. The molecule has 27 heavy (non-hydrogen) atoms. The van der Waals surface area contributed by atoms with Crippen LogP contribution in [0.5, 0.6) is 5.75 Å². The highest BCUT2D eigenvalue weighted by molar-refractivity contribution is 6.32. The van der Waals surface area contributed by atoms with Crippen molar-refractivity contribution in [3.05, 3.63) is 58.6 Å². The topological polar surface area (TPSA) is 47.6 Å². The van der Waals surface area contributed by atoms with E-state index in [1.54, 1.807) is 19.2 Å². The van der Waals surface area contributed by atoms with Crippen molar-refractivity contribution in [1.82, 2.24) is 0 Å². The number of ether oxygens (including phenoxy) is 2. The van der Waals surface area contributed by atoms with Gasteiger partial charge in [-0.2, -0.15) is 0 Å². The van der Waals surface area contributed by atoms with Crippen molar-refractivity contribution in [3.63, 3.8) is 0 Å². The lowest BCUT2D eigenvalue weighted by atomic mass is 9.77. The fourth-order valence-corrected chi connectivity index (χ4v) is 3.98. The lowest BCUT2D eigenvalue weighted by Gasteiger charge is -2.28. The van der Waals surface area contributed by atoms with Gasteiger partial charge in [-0.15, -0.1) is 0 Å². The Morgan fingerprint density at radius 1 is 1.15 bits per heavy atom. The Bertz CT molecular complexity index is 800. The summed E-state index contributed by atoms with van der Waals surface area (Å²) in [5.41, 5.74) is 2.49. The van der Waals surface area contributed by atoms with E-state index in [-0.39, 0.29) is 5.91 Å². The Morgan fingerprint density at radius 3 is 2.59 bits per heavy atom. The van der Waals surface area contributed by atoms with Gasteiger partial charge >= 0.3 is 0 Å². The summed E-state index contributed by atoms with van der Waals surface area (Å²) in [6, 6.07) is 13.6. The molecule has 2 aromatic rings. The molecule has 0 bridgehead atoms. The fourth-order valence-electron chi connectivity index (χ4n) is 3.75. The Kier molecular flexibility index (Phi) is 6.40. The molecule has 1 N–H and O–H groups in total. The number of anilines is 1. The Morgan fingerprint density at radius 2 is 1.93 bits per heavy atom. The molecule has 1 amide bonds. The summed E-state index contributed by atoms with van der Waals surface area (Å²) < 4.78 is 10.5. The normalized spacial score (nSPS) is 15.5. The summed E-state index contributed by atoms with van der Waals surface area (Å²) in [6.07, 6.45) is 3.87. The summed E-state index contributed by atoms with van der Waals surface area (Å²) in [4.78, 5) is 13.3. The molecule has 1 aliphatic carbocycles. The van der Waals surface area contributed by atoms with Gasteiger partial charge in [0, 0.05) is 12.8 Å². The van der Waals surface area contributed by atoms with Crippen molar-refractivity contribution in [1.29, 1.82) is 0 Å². The first kappa shape index (κ1) is 19.7. The minimum Gasteiger partial charge on any atom is -0.490 e. The maximum atomic E-state index is 13.3. The van der Waals surface area contributed by atoms with Crippen molar-refractivity contribution < 1.29 is 14.3 Å². The van der Waals surface area contributed by atoms with E-state index in [1.165, 1.54) is 5.56 Å². The standard InChI is InChI=1S/C22H26ClNO3/c1-16-6-5-7-17(14-16)22(10-3-4-11-22)21(25)24-18-8-9-20(19(23)15-18)27-13-12-26-2/h5-9,14-15H,3-4,10-13H2,1-2H3,(H,24,25). The number of nitrogens with one attached hydrogen (secondary N) is 1. The Hall–Kier alpha value is -2.04. The zero-order valence-electron chi connectivity index (χ0n) is 15.9. The molecule has 1 aliphatic rings. The van der Waals surface area contributed by atoms with E-state index < -0.39 is 5.41 Å². The lowest BCUT2D eigenvalue weighted by Crippen LogP contribution is -2.38. The molecule has 1 fully saturated rings. The predicted molar refractivity (Wildman–Crippen MR) is 109 cm³/mol. The summed E-state index contributed by atoms with van der Waals surface area (Å²) in [7, 11) is 1.62. The summed E-state index contributed by atoms with van der Waals surface area (Å²) in [5, 5.41) is 3.55. The Balaban J connectivity index is 1.78. The number of rotatable bonds is 7. The third-order valence-electron chi connectivity index (χ3n) is 5.20. The molecule has 0 atom stereocenters. The fraction of sp³-hybridized carbons (Fsp3) is 0.409. The van der Waals surface area contributed by atoms with Gasteiger partial charge in [-0.25, -0.2) is 0 Å². The number of methoxy groups -OCH3 is 1. The maximum Gasteiger partial charge on any atom is 0.235 e. The molecule has 144 valence electrons. The predicted octanol–water partition coefficient (Wildman–Crippen LogP) is 5.12. The molecule has 0 aliphatic heterocycles. The van der Waals surface area contributed by atoms with Crippen LogP contribution in [0.15, 0.2) is 42.5 Å². The van der Waals surface area contributed by atoms with E-state index in [9.17, 15) is 4.79 Å². The largest absolute Gasteiger partial charge is 0.490 e. The van der Waals surface area contributed by atoms with E-state index in [2.05, 4.69) is 30.4 Å². The number of halogens is 1. The molecule has 5 heteroatoms. The molecule has 0 heterocycles. The van der Waals surface area contributed by atoms with Crippen LogP contribution >= 0.6 is 11.6 Å². The highest BCUT2D eigenvalue weighted by atomic mass is 35.5. The smallest absolute Gasteiger partial charge is 0.235 e. The van der Waals surface area contributed by atoms with Gasteiger partial charge in [0.15, 0.2) is 0 Å². The van der Waals surface area contributed by atoms with Gasteiger partial charge in [-0.05, 0) is 43.5 Å². The van der Waals surface area contributed by atoms with Gasteiger partial charge in [0.1, 0.15) is 12.4 Å². The summed E-state index contributed by atoms with van der Waals surface area (Å²) >= 11 is 6.31. The molecule has 0 saturated heterocycles. The summed E-state index contributed by atoms with van der Waals surface area (Å²) in [6.45, 7) is 2.98. The van der Waals surface area contributed by atoms with E-state index in [0.29, 0.717) is 29.7 Å². The second kappa shape index (κ2) is 8.77. The number of benzene rings is 2. The van der Waals surface area contributed by atoms with Gasteiger partial charge in [-0.3, -0.25) is 4.79 Å². The van der Waals surface area contributed by atoms with Crippen LogP contribution in [0, 0.1) is 6.92 Å². The quantitative estimate of drug-likeness (QED) is 0.670. The molecule has 0 aromatic heterocycles. The third kappa shape index (κ3) is 4.45. The zero-order chi connectivity index (χ0) is 19.3. The van der Waals surface area contributed by atoms with Gasteiger partial charge in [0.25, 0.3) is 0 Å². The first-order valence-corrected chi connectivity index (χ1v) is 9.73. The van der Waals surface area contributed by atoms with Crippen LogP contribution in [0.1, 0.15) is 36.8 Å². The van der Waals surface area contributed by atoms with Crippen LogP contribution in [0.3, 0.4) is 0 Å². The minimum atomic E-state index is -0.466. The molecular formula is C22H26ClNO3. The van der Waals surface area contributed by atoms with Crippen molar-refractivity contribution in [2.24, 2.45) is 0 Å². The molecule has 0 spiro atoms. The van der Waals surface area contributed by atoms with E-state index in [0.717, 1.165) is 31.2 Å². The molecule has 3 rings (SSSR count). The number of hydrogen-bond donors (Lipinski definition) is 1. The lowest BCUT2D eigenvalue weighted by molar-refractivity contribution is -0.121. The van der Waals surface area contributed by atoms with E-state index >= 15 is 0 Å². The molecule has 0 unspecified atom stereocenters. The van der Waals surface area contributed by atoms with Crippen molar-refractivity contribution in [2.45, 2.75) is 38.0 Å². The number of carbonyl (C=O) groups is 1.